The Morgan fingerprint density at radius 2 is 1.87 bits per heavy atom. The van der Waals surface area contributed by atoms with Crippen molar-refractivity contribution < 1.29 is 19.2 Å². The number of thiophene rings is 1. The Bertz CT molecular complexity index is 1480. The van der Waals surface area contributed by atoms with Gasteiger partial charge in [-0.25, -0.2) is 9.78 Å². The summed E-state index contributed by atoms with van der Waals surface area (Å²) < 4.78 is 12.3. The molecule has 1 aliphatic carbocycles. The molecular formula is C28H27Cl2N3O4S2. The van der Waals surface area contributed by atoms with E-state index < -0.39 is 5.97 Å². The lowest BCUT2D eigenvalue weighted by atomic mass is 9.95. The Kier molecular flexibility index (Phi) is 7.45. The van der Waals surface area contributed by atoms with Gasteiger partial charge in [-0.05, 0) is 57.7 Å². The molecular weight excluding hydrogens is 577 g/mol. The van der Waals surface area contributed by atoms with Gasteiger partial charge in [-0.2, -0.15) is 0 Å². The third-order valence-electron chi connectivity index (χ3n) is 7.41. The number of benzene rings is 1. The van der Waals surface area contributed by atoms with Crippen molar-refractivity contribution in [2.24, 2.45) is 0 Å². The highest BCUT2D eigenvalue weighted by atomic mass is 35.5. The van der Waals surface area contributed by atoms with Gasteiger partial charge in [0.1, 0.15) is 16.3 Å². The van der Waals surface area contributed by atoms with Gasteiger partial charge in [0, 0.05) is 45.5 Å². The topological polar surface area (TPSA) is 88.7 Å². The van der Waals surface area contributed by atoms with Crippen molar-refractivity contribution in [3.63, 3.8) is 0 Å². The van der Waals surface area contributed by atoms with Gasteiger partial charge in [-0.15, -0.1) is 22.7 Å². The maximum atomic E-state index is 11.3. The maximum Gasteiger partial charge on any atom is 0.345 e. The number of aromatic carboxylic acids is 1. The second-order valence-electron chi connectivity index (χ2n) is 10.3. The molecule has 0 unspecified atom stereocenters. The van der Waals surface area contributed by atoms with Gasteiger partial charge in [-0.3, -0.25) is 0 Å². The molecule has 1 saturated heterocycles. The zero-order chi connectivity index (χ0) is 27.3. The molecule has 0 radical (unpaired) electrons. The van der Waals surface area contributed by atoms with Crippen molar-refractivity contribution in [2.45, 2.75) is 70.2 Å². The summed E-state index contributed by atoms with van der Waals surface area (Å²) >= 11 is 15.8. The summed E-state index contributed by atoms with van der Waals surface area (Å²) in [4.78, 5) is 18.8. The van der Waals surface area contributed by atoms with Crippen LogP contribution in [-0.2, 0) is 11.3 Å². The molecule has 2 aliphatic rings. The number of hydrogen-bond donors (Lipinski definition) is 1. The fourth-order valence-corrected chi connectivity index (χ4v) is 7.73. The lowest BCUT2D eigenvalue weighted by Gasteiger charge is -2.42. The Morgan fingerprint density at radius 1 is 1.15 bits per heavy atom. The van der Waals surface area contributed by atoms with E-state index in [1.807, 2.05) is 29.0 Å². The zero-order valence-electron chi connectivity index (χ0n) is 21.4. The van der Waals surface area contributed by atoms with Crippen molar-refractivity contribution in [3.8, 4) is 22.5 Å². The van der Waals surface area contributed by atoms with Gasteiger partial charge >= 0.3 is 5.97 Å². The summed E-state index contributed by atoms with van der Waals surface area (Å²) in [5.41, 5.74) is 3.94. The van der Waals surface area contributed by atoms with Gasteiger partial charge in [0.2, 0.25) is 0 Å². The Hall–Kier alpha value is -2.43. The van der Waals surface area contributed by atoms with E-state index in [1.165, 1.54) is 11.3 Å². The predicted octanol–water partition coefficient (Wildman–Crippen LogP) is 8.37. The Balaban J connectivity index is 1.16. The van der Waals surface area contributed by atoms with E-state index in [0.717, 1.165) is 53.4 Å². The molecule has 0 bridgehead atoms. The normalized spacial score (nSPS) is 21.4. The first kappa shape index (κ1) is 26.8. The number of anilines is 1. The fourth-order valence-electron chi connectivity index (χ4n) is 5.38. The molecule has 1 saturated carbocycles. The minimum Gasteiger partial charge on any atom is -0.477 e. The Morgan fingerprint density at radius 3 is 2.51 bits per heavy atom. The minimum absolute atomic E-state index is 0.0669. The molecule has 0 amide bonds. The summed E-state index contributed by atoms with van der Waals surface area (Å²) in [5.74, 6) is 0.345. The number of carboxylic acids is 1. The fraction of sp³-hybridized carbons (Fsp3) is 0.393. The standard InChI is InChI=1S/C28H27Cl2N3O4S2/c1-14-8-18(9-15(2)33(14)28-31-22(13-39-28)17-10-23(27(34)35)38-12-17)36-11-19-25(32-37-26(19)16-6-7-16)24-20(29)4-3-5-21(24)30/h3-5,10,12-16,18H,6-9,11H2,1-2H3,(H,34,35)/t14-,15+,18+. The number of rotatable bonds is 8. The van der Waals surface area contributed by atoms with E-state index in [4.69, 9.17) is 37.4 Å². The lowest BCUT2D eigenvalue weighted by molar-refractivity contribution is 0.00973. The molecule has 2 fully saturated rings. The summed E-state index contributed by atoms with van der Waals surface area (Å²) in [7, 11) is 0. The highest BCUT2D eigenvalue weighted by molar-refractivity contribution is 7.14. The van der Waals surface area contributed by atoms with Crippen LogP contribution in [0.25, 0.3) is 22.5 Å². The van der Waals surface area contributed by atoms with Crippen LogP contribution in [0.15, 0.2) is 39.5 Å². The highest BCUT2D eigenvalue weighted by Gasteiger charge is 2.36. The molecule has 11 heteroatoms. The molecule has 3 atom stereocenters. The van der Waals surface area contributed by atoms with Crippen LogP contribution >= 0.6 is 45.9 Å². The van der Waals surface area contributed by atoms with E-state index in [-0.39, 0.29) is 18.2 Å². The number of hydrogen-bond acceptors (Lipinski definition) is 8. The lowest BCUT2D eigenvalue weighted by Crippen LogP contribution is -2.49. The molecule has 4 aromatic rings. The van der Waals surface area contributed by atoms with Crippen molar-refractivity contribution in [1.82, 2.24) is 10.1 Å². The second-order valence-corrected chi connectivity index (χ2v) is 12.8. The van der Waals surface area contributed by atoms with Crippen LogP contribution in [0.4, 0.5) is 5.13 Å². The molecule has 4 heterocycles. The maximum absolute atomic E-state index is 11.3. The number of carbonyl (C=O) groups is 1. The summed E-state index contributed by atoms with van der Waals surface area (Å²) in [6, 6.07) is 7.57. The number of nitrogens with zero attached hydrogens (tertiary/aromatic N) is 3. The number of piperidine rings is 1. The minimum atomic E-state index is -0.913. The van der Waals surface area contributed by atoms with Crippen LogP contribution in [0.3, 0.4) is 0 Å². The van der Waals surface area contributed by atoms with Crippen LogP contribution in [0.1, 0.15) is 66.4 Å². The molecule has 6 rings (SSSR count). The van der Waals surface area contributed by atoms with Crippen molar-refractivity contribution >= 4 is 57.0 Å². The van der Waals surface area contributed by atoms with E-state index in [1.54, 1.807) is 17.4 Å². The molecule has 7 nitrogen and oxygen atoms in total. The van der Waals surface area contributed by atoms with Crippen molar-refractivity contribution in [3.05, 3.63) is 61.3 Å². The number of ether oxygens (including phenoxy) is 1. The van der Waals surface area contributed by atoms with Gasteiger partial charge in [0.25, 0.3) is 0 Å². The zero-order valence-corrected chi connectivity index (χ0v) is 24.5. The average Bonchev–Trinajstić information content (AvgIpc) is 3.27. The predicted molar refractivity (Wildman–Crippen MR) is 156 cm³/mol. The molecule has 3 aromatic heterocycles. The molecule has 204 valence electrons. The smallest absolute Gasteiger partial charge is 0.345 e. The monoisotopic (exact) mass is 603 g/mol. The SMILES string of the molecule is C[C@@H]1C[C@H](OCc2c(-c3c(Cl)cccc3Cl)noc2C2CC2)C[C@H](C)N1c1nc(-c2csc(C(=O)O)c2)cs1. The third kappa shape index (κ3) is 5.35. The van der Waals surface area contributed by atoms with E-state index in [9.17, 15) is 9.90 Å². The van der Waals surface area contributed by atoms with Gasteiger partial charge in [0.05, 0.1) is 28.5 Å². The van der Waals surface area contributed by atoms with E-state index >= 15 is 0 Å². The highest BCUT2D eigenvalue weighted by Crippen LogP contribution is 2.46. The van der Waals surface area contributed by atoms with Gasteiger partial charge < -0.3 is 19.3 Å². The molecule has 1 aromatic carbocycles. The summed E-state index contributed by atoms with van der Waals surface area (Å²) in [6.45, 7) is 4.79. The summed E-state index contributed by atoms with van der Waals surface area (Å²) in [6.07, 6.45) is 3.95. The van der Waals surface area contributed by atoms with Crippen LogP contribution in [0.5, 0.6) is 0 Å². The van der Waals surface area contributed by atoms with Crippen LogP contribution in [0.2, 0.25) is 10.0 Å². The average molecular weight is 605 g/mol. The van der Waals surface area contributed by atoms with Crippen molar-refractivity contribution in [2.75, 3.05) is 4.90 Å². The quantitative estimate of drug-likeness (QED) is 0.216. The molecule has 1 aliphatic heterocycles. The molecule has 1 N–H and O–H groups in total. The number of halogens is 2. The van der Waals surface area contributed by atoms with Crippen LogP contribution < -0.4 is 4.90 Å². The molecule has 0 spiro atoms. The van der Waals surface area contributed by atoms with Gasteiger partial charge in [-0.1, -0.05) is 34.4 Å². The number of thiazole rings is 1. The van der Waals surface area contributed by atoms with Gasteiger partial charge in [0.15, 0.2) is 5.13 Å². The largest absolute Gasteiger partial charge is 0.477 e. The third-order valence-corrected chi connectivity index (χ3v) is 9.81. The van der Waals surface area contributed by atoms with E-state index in [2.05, 4.69) is 23.9 Å². The number of aromatic nitrogens is 2. The second kappa shape index (κ2) is 10.9. The van der Waals surface area contributed by atoms with Crippen molar-refractivity contribution in [1.29, 1.82) is 0 Å². The van der Waals surface area contributed by atoms with Crippen LogP contribution in [0, 0.1) is 0 Å². The summed E-state index contributed by atoms with van der Waals surface area (Å²) in [5, 5.41) is 19.5. The Labute approximate surface area is 244 Å². The first-order valence-electron chi connectivity index (χ1n) is 12.9. The first-order valence-corrected chi connectivity index (χ1v) is 15.4. The first-order chi connectivity index (χ1) is 18.8. The number of carboxylic acid groups (broad SMARTS) is 1. The molecule has 39 heavy (non-hydrogen) atoms. The van der Waals surface area contributed by atoms with Crippen LogP contribution in [-0.4, -0.2) is 39.4 Å². The van der Waals surface area contributed by atoms with E-state index in [0.29, 0.717) is 38.7 Å².